The average Bonchev–Trinajstić information content (AvgIpc) is 3.49. The van der Waals surface area contributed by atoms with Crippen molar-refractivity contribution < 1.29 is 4.79 Å². The molecule has 2 aliphatic rings. The molecule has 2 fully saturated rings. The Morgan fingerprint density at radius 3 is 2.73 bits per heavy atom. The number of pyridine rings is 1. The second kappa shape index (κ2) is 8.24. The molecule has 1 saturated heterocycles. The number of aromatic nitrogens is 3. The molecule has 3 heterocycles. The Morgan fingerprint density at radius 1 is 1.23 bits per heavy atom. The first kappa shape index (κ1) is 20.6. The summed E-state index contributed by atoms with van der Waals surface area (Å²) in [5.41, 5.74) is 2.59. The van der Waals surface area contributed by atoms with Crippen LogP contribution in [0, 0.1) is 6.92 Å². The van der Waals surface area contributed by atoms with E-state index in [1.54, 1.807) is 0 Å². The Kier molecular flexibility index (Phi) is 5.66. The van der Waals surface area contributed by atoms with Crippen molar-refractivity contribution in [2.24, 2.45) is 0 Å². The lowest BCUT2D eigenvalue weighted by Crippen LogP contribution is -2.52. The van der Waals surface area contributed by atoms with Crippen molar-refractivity contribution in [1.29, 1.82) is 0 Å². The van der Waals surface area contributed by atoms with Gasteiger partial charge in [0.2, 0.25) is 0 Å². The van der Waals surface area contributed by atoms with Gasteiger partial charge >= 0.3 is 0 Å². The van der Waals surface area contributed by atoms with Crippen LogP contribution in [0.2, 0.25) is 0 Å². The van der Waals surface area contributed by atoms with Crippen LogP contribution >= 0.6 is 12.4 Å². The van der Waals surface area contributed by atoms with E-state index in [-0.39, 0.29) is 24.4 Å². The van der Waals surface area contributed by atoms with Gasteiger partial charge in [-0.25, -0.2) is 4.98 Å². The average molecular weight is 427 g/mol. The number of H-pyrrole nitrogens is 1. The van der Waals surface area contributed by atoms with Crippen LogP contribution in [0.5, 0.6) is 0 Å². The monoisotopic (exact) mass is 426 g/mol. The Hall–Kier alpha value is -2.64. The first-order valence-electron chi connectivity index (χ1n) is 10.3. The maximum absolute atomic E-state index is 13.4. The molecule has 1 saturated carbocycles. The molecule has 0 bridgehead atoms. The zero-order valence-corrected chi connectivity index (χ0v) is 18.1. The minimum atomic E-state index is -0.00833. The van der Waals surface area contributed by atoms with Crippen LogP contribution in [-0.4, -0.2) is 51.7 Å². The molecule has 2 aromatic heterocycles. The van der Waals surface area contributed by atoms with E-state index in [2.05, 4.69) is 33.8 Å². The number of aromatic amines is 1. The number of hydrogen-bond acceptors (Lipinski definition) is 5. The van der Waals surface area contributed by atoms with E-state index < -0.39 is 0 Å². The minimum absolute atomic E-state index is 0. The van der Waals surface area contributed by atoms with Crippen molar-refractivity contribution in [3.05, 3.63) is 47.3 Å². The molecule has 5 rings (SSSR count). The van der Waals surface area contributed by atoms with Gasteiger partial charge in [-0.15, -0.1) is 12.4 Å². The smallest absolute Gasteiger partial charge is 0.273 e. The highest BCUT2D eigenvalue weighted by atomic mass is 35.5. The van der Waals surface area contributed by atoms with Gasteiger partial charge in [0.25, 0.3) is 5.91 Å². The summed E-state index contributed by atoms with van der Waals surface area (Å²) in [5, 5.41) is 16.2. The number of rotatable bonds is 4. The van der Waals surface area contributed by atoms with Crippen LogP contribution in [0.3, 0.4) is 0 Å². The first-order chi connectivity index (χ1) is 14.1. The van der Waals surface area contributed by atoms with Crippen molar-refractivity contribution in [3.63, 3.8) is 0 Å². The van der Waals surface area contributed by atoms with Gasteiger partial charge in [-0.3, -0.25) is 9.89 Å². The summed E-state index contributed by atoms with van der Waals surface area (Å²) in [4.78, 5) is 20.1. The number of piperazine rings is 1. The Morgan fingerprint density at radius 2 is 2.00 bits per heavy atom. The molecule has 1 amide bonds. The SMILES string of the molecule is Cc1c(C(=O)N2CCNC[C@H]2C)nc(Nc2cc(C3CC3)[nH]n2)c2ccccc12.Cl. The molecule has 7 nitrogen and oxygen atoms in total. The fraction of sp³-hybridized carbons (Fsp3) is 0.409. The summed E-state index contributed by atoms with van der Waals surface area (Å²) in [6.07, 6.45) is 2.43. The molecule has 8 heteroatoms. The molecule has 158 valence electrons. The third-order valence-electron chi connectivity index (χ3n) is 5.99. The molecule has 0 unspecified atom stereocenters. The predicted molar refractivity (Wildman–Crippen MR) is 121 cm³/mol. The van der Waals surface area contributed by atoms with Gasteiger partial charge in [0.1, 0.15) is 11.5 Å². The van der Waals surface area contributed by atoms with Gasteiger partial charge in [-0.2, -0.15) is 5.10 Å². The van der Waals surface area contributed by atoms with Crippen LogP contribution < -0.4 is 10.6 Å². The van der Waals surface area contributed by atoms with Crippen LogP contribution in [0.25, 0.3) is 10.8 Å². The number of nitrogens with one attached hydrogen (secondary N) is 3. The number of aryl methyl sites for hydroxylation is 1. The number of benzene rings is 1. The third-order valence-corrected chi connectivity index (χ3v) is 5.99. The Balaban J connectivity index is 0.00000218. The molecule has 3 aromatic rings. The molecule has 1 atom stereocenters. The number of nitrogens with zero attached hydrogens (tertiary/aromatic N) is 3. The number of fused-ring (bicyclic) bond motifs is 1. The highest BCUT2D eigenvalue weighted by Crippen LogP contribution is 2.40. The number of anilines is 2. The standard InChI is InChI=1S/C22H26N6O.ClH/c1-13-12-23-9-10-28(13)22(29)20-14(2)16-5-3-4-6-17(16)21(25-20)24-19-11-18(26-27-19)15-7-8-15;/h3-6,11,13,15,23H,7-10,12H2,1-2H3,(H2,24,25,26,27);1H/t13-;/m1./s1. The molecule has 1 aromatic carbocycles. The van der Waals surface area contributed by atoms with E-state index in [1.807, 2.05) is 36.1 Å². The number of carbonyl (C=O) groups excluding carboxylic acids is 1. The van der Waals surface area contributed by atoms with Crippen molar-refractivity contribution in [2.45, 2.75) is 38.6 Å². The maximum atomic E-state index is 13.4. The van der Waals surface area contributed by atoms with Crippen molar-refractivity contribution in [1.82, 2.24) is 25.4 Å². The van der Waals surface area contributed by atoms with Crippen LogP contribution in [0.15, 0.2) is 30.3 Å². The van der Waals surface area contributed by atoms with E-state index in [0.717, 1.165) is 40.9 Å². The zero-order chi connectivity index (χ0) is 20.0. The molecular formula is C22H27ClN6O. The molecule has 30 heavy (non-hydrogen) atoms. The van der Waals surface area contributed by atoms with Crippen molar-refractivity contribution >= 4 is 40.7 Å². The van der Waals surface area contributed by atoms with E-state index in [4.69, 9.17) is 4.98 Å². The molecule has 3 N–H and O–H groups in total. The van der Waals surface area contributed by atoms with E-state index >= 15 is 0 Å². The quantitative estimate of drug-likeness (QED) is 0.591. The summed E-state index contributed by atoms with van der Waals surface area (Å²) < 4.78 is 0. The summed E-state index contributed by atoms with van der Waals surface area (Å²) in [5.74, 6) is 2.01. The fourth-order valence-corrected chi connectivity index (χ4v) is 4.11. The maximum Gasteiger partial charge on any atom is 0.273 e. The molecule has 0 radical (unpaired) electrons. The summed E-state index contributed by atoms with van der Waals surface area (Å²) in [7, 11) is 0. The minimum Gasteiger partial charge on any atom is -0.332 e. The van der Waals surface area contributed by atoms with Gasteiger partial charge in [0, 0.05) is 48.7 Å². The molecule has 0 spiro atoms. The lowest BCUT2D eigenvalue weighted by atomic mass is 10.0. The molecule has 1 aliphatic heterocycles. The van der Waals surface area contributed by atoms with Gasteiger partial charge in [-0.1, -0.05) is 24.3 Å². The van der Waals surface area contributed by atoms with Gasteiger partial charge in [-0.05, 0) is 37.6 Å². The van der Waals surface area contributed by atoms with Crippen LogP contribution in [0.1, 0.15) is 47.4 Å². The second-order valence-corrected chi connectivity index (χ2v) is 8.14. The van der Waals surface area contributed by atoms with E-state index in [9.17, 15) is 4.79 Å². The molecular weight excluding hydrogens is 400 g/mol. The van der Waals surface area contributed by atoms with Gasteiger partial charge < -0.3 is 15.5 Å². The lowest BCUT2D eigenvalue weighted by Gasteiger charge is -2.34. The molecule has 1 aliphatic carbocycles. The fourth-order valence-electron chi connectivity index (χ4n) is 4.11. The number of carbonyl (C=O) groups is 1. The normalized spacial score (nSPS) is 18.9. The van der Waals surface area contributed by atoms with Crippen molar-refractivity contribution in [2.75, 3.05) is 25.0 Å². The van der Waals surface area contributed by atoms with Crippen LogP contribution in [0.4, 0.5) is 11.6 Å². The van der Waals surface area contributed by atoms with E-state index in [0.29, 0.717) is 24.0 Å². The Bertz CT molecular complexity index is 1080. The summed E-state index contributed by atoms with van der Waals surface area (Å²) >= 11 is 0. The highest BCUT2D eigenvalue weighted by molar-refractivity contribution is 6.03. The van der Waals surface area contributed by atoms with Crippen molar-refractivity contribution in [3.8, 4) is 0 Å². The van der Waals surface area contributed by atoms with Gasteiger partial charge in [0.15, 0.2) is 5.82 Å². The zero-order valence-electron chi connectivity index (χ0n) is 17.2. The second-order valence-electron chi connectivity index (χ2n) is 8.14. The summed E-state index contributed by atoms with van der Waals surface area (Å²) in [6, 6.07) is 10.3. The number of halogens is 1. The topological polar surface area (TPSA) is 85.9 Å². The third kappa shape index (κ3) is 3.75. The summed E-state index contributed by atoms with van der Waals surface area (Å²) in [6.45, 7) is 6.37. The van der Waals surface area contributed by atoms with E-state index in [1.165, 1.54) is 12.8 Å². The Labute approximate surface area is 182 Å². The lowest BCUT2D eigenvalue weighted by molar-refractivity contribution is 0.0649. The largest absolute Gasteiger partial charge is 0.332 e. The number of amides is 1. The van der Waals surface area contributed by atoms with Crippen LogP contribution in [-0.2, 0) is 0 Å². The highest BCUT2D eigenvalue weighted by Gasteiger charge is 2.28. The first-order valence-corrected chi connectivity index (χ1v) is 10.3. The number of hydrogen-bond donors (Lipinski definition) is 3. The van der Waals surface area contributed by atoms with Gasteiger partial charge in [0.05, 0.1) is 0 Å². The predicted octanol–water partition coefficient (Wildman–Crippen LogP) is 3.74.